The summed E-state index contributed by atoms with van der Waals surface area (Å²) in [4.78, 5) is 10.3. The first-order valence-corrected chi connectivity index (χ1v) is 3.89. The lowest BCUT2D eigenvalue weighted by atomic mass is 10.2. The maximum Gasteiger partial charge on any atom is 0.231 e. The second kappa shape index (κ2) is 4.31. The molecule has 3 N–H and O–H groups in total. The van der Waals surface area contributed by atoms with Crippen LogP contribution in [0.4, 0.5) is 0 Å². The second-order valence-corrected chi connectivity index (χ2v) is 2.73. The average Bonchev–Trinajstić information content (AvgIpc) is 2.39. The minimum absolute atomic E-state index is 0.250. The van der Waals surface area contributed by atoms with Crippen molar-refractivity contribution in [2.45, 2.75) is 18.9 Å². The minimum Gasteiger partial charge on any atom is -0.377 e. The van der Waals surface area contributed by atoms with Gasteiger partial charge < -0.3 is 15.8 Å². The van der Waals surface area contributed by atoms with Crippen LogP contribution in [0.5, 0.6) is 0 Å². The third kappa shape index (κ3) is 3.34. The molecule has 4 nitrogen and oxygen atoms in total. The molecule has 0 aliphatic carbocycles. The Morgan fingerprint density at radius 2 is 2.55 bits per heavy atom. The van der Waals surface area contributed by atoms with Crippen molar-refractivity contribution in [1.29, 1.82) is 0 Å². The molecule has 1 atom stereocenters. The molecule has 1 fully saturated rings. The molecule has 1 heterocycles. The molecule has 64 valence electrons. The zero-order chi connectivity index (χ0) is 8.10. The van der Waals surface area contributed by atoms with Gasteiger partial charge in [-0.3, -0.25) is 4.79 Å². The molecule has 0 spiro atoms. The fourth-order valence-electron chi connectivity index (χ4n) is 1.16. The quantitative estimate of drug-likeness (QED) is 0.565. The summed E-state index contributed by atoms with van der Waals surface area (Å²) in [6.07, 6.45) is 2.50. The smallest absolute Gasteiger partial charge is 0.231 e. The van der Waals surface area contributed by atoms with E-state index in [9.17, 15) is 4.79 Å². The second-order valence-electron chi connectivity index (χ2n) is 2.73. The molecule has 1 amide bonds. The molecular formula is C7H14N2O2. The van der Waals surface area contributed by atoms with Crippen LogP contribution in [0.15, 0.2) is 0 Å². The van der Waals surface area contributed by atoms with E-state index in [-0.39, 0.29) is 18.6 Å². The Hall–Kier alpha value is -0.610. The van der Waals surface area contributed by atoms with Gasteiger partial charge in [-0.2, -0.15) is 0 Å². The highest BCUT2D eigenvalue weighted by atomic mass is 16.5. The molecule has 0 bridgehead atoms. The first kappa shape index (κ1) is 8.49. The van der Waals surface area contributed by atoms with Crippen LogP contribution < -0.4 is 11.1 Å². The molecule has 1 aliphatic heterocycles. The summed E-state index contributed by atoms with van der Waals surface area (Å²) >= 11 is 0. The molecule has 1 aliphatic rings. The average molecular weight is 158 g/mol. The predicted octanol–water partition coefficient (Wildman–Crippen LogP) is -0.760. The lowest BCUT2D eigenvalue weighted by Crippen LogP contribution is -2.33. The molecule has 0 aromatic heterocycles. The molecule has 11 heavy (non-hydrogen) atoms. The molecule has 1 rings (SSSR count). The van der Waals surface area contributed by atoms with Gasteiger partial charge in [0.05, 0.1) is 12.6 Å². The van der Waals surface area contributed by atoms with E-state index in [1.54, 1.807) is 0 Å². The Labute approximate surface area is 66.1 Å². The van der Waals surface area contributed by atoms with Crippen molar-refractivity contribution in [2.24, 2.45) is 5.73 Å². The van der Waals surface area contributed by atoms with Crippen LogP contribution in [-0.4, -0.2) is 31.7 Å². The Balaban J connectivity index is 1.98. The molecule has 0 aromatic rings. The number of hydrogen-bond acceptors (Lipinski definition) is 3. The SMILES string of the molecule is NC(=O)CNC[C@H]1CCCO1. The summed E-state index contributed by atoms with van der Waals surface area (Å²) in [7, 11) is 0. The number of carbonyl (C=O) groups is 1. The number of amides is 1. The van der Waals surface area contributed by atoms with E-state index in [0.717, 1.165) is 26.0 Å². The van der Waals surface area contributed by atoms with Crippen molar-refractivity contribution in [3.63, 3.8) is 0 Å². The Bertz CT molecular complexity index is 132. The fraction of sp³-hybridized carbons (Fsp3) is 0.857. The number of primary amides is 1. The van der Waals surface area contributed by atoms with Gasteiger partial charge in [0, 0.05) is 13.2 Å². The van der Waals surface area contributed by atoms with Crippen molar-refractivity contribution >= 4 is 5.91 Å². The zero-order valence-corrected chi connectivity index (χ0v) is 6.51. The summed E-state index contributed by atoms with van der Waals surface area (Å²) in [5.74, 6) is -0.317. The van der Waals surface area contributed by atoms with Crippen LogP contribution in [-0.2, 0) is 9.53 Å². The van der Waals surface area contributed by atoms with Crippen molar-refractivity contribution in [3.8, 4) is 0 Å². The zero-order valence-electron chi connectivity index (χ0n) is 6.51. The monoisotopic (exact) mass is 158 g/mol. The van der Waals surface area contributed by atoms with E-state index in [1.165, 1.54) is 0 Å². The number of nitrogens with one attached hydrogen (secondary N) is 1. The van der Waals surface area contributed by atoms with Gasteiger partial charge in [0.2, 0.25) is 5.91 Å². The van der Waals surface area contributed by atoms with Gasteiger partial charge >= 0.3 is 0 Å². The number of rotatable bonds is 4. The maximum absolute atomic E-state index is 10.3. The highest BCUT2D eigenvalue weighted by Crippen LogP contribution is 2.10. The van der Waals surface area contributed by atoms with Crippen LogP contribution in [0.25, 0.3) is 0 Å². The van der Waals surface area contributed by atoms with Gasteiger partial charge in [-0.1, -0.05) is 0 Å². The van der Waals surface area contributed by atoms with E-state index in [4.69, 9.17) is 10.5 Å². The van der Waals surface area contributed by atoms with Gasteiger partial charge in [-0.15, -0.1) is 0 Å². The van der Waals surface area contributed by atoms with Gasteiger partial charge in [-0.25, -0.2) is 0 Å². The van der Waals surface area contributed by atoms with Gasteiger partial charge in [0.1, 0.15) is 0 Å². The summed E-state index contributed by atoms with van der Waals surface area (Å²) in [6, 6.07) is 0. The van der Waals surface area contributed by atoms with Gasteiger partial charge in [0.25, 0.3) is 0 Å². The molecule has 4 heteroatoms. The fourth-order valence-corrected chi connectivity index (χ4v) is 1.16. The summed E-state index contributed by atoms with van der Waals surface area (Å²) in [5.41, 5.74) is 4.93. The lowest BCUT2D eigenvalue weighted by molar-refractivity contribution is -0.117. The number of ether oxygens (including phenoxy) is 1. The number of nitrogens with two attached hydrogens (primary N) is 1. The highest BCUT2D eigenvalue weighted by Gasteiger charge is 2.14. The van der Waals surface area contributed by atoms with Crippen LogP contribution in [0, 0.1) is 0 Å². The predicted molar refractivity (Wildman–Crippen MR) is 41.0 cm³/mol. The molecule has 0 unspecified atom stereocenters. The van der Waals surface area contributed by atoms with E-state index < -0.39 is 0 Å². The topological polar surface area (TPSA) is 64.4 Å². The van der Waals surface area contributed by atoms with E-state index in [0.29, 0.717) is 0 Å². The lowest BCUT2D eigenvalue weighted by Gasteiger charge is -2.08. The van der Waals surface area contributed by atoms with Gasteiger partial charge in [0.15, 0.2) is 0 Å². The van der Waals surface area contributed by atoms with Crippen LogP contribution in [0.3, 0.4) is 0 Å². The maximum atomic E-state index is 10.3. The first-order chi connectivity index (χ1) is 5.29. The molecule has 0 aromatic carbocycles. The Morgan fingerprint density at radius 1 is 1.73 bits per heavy atom. The number of hydrogen-bond donors (Lipinski definition) is 2. The largest absolute Gasteiger partial charge is 0.377 e. The first-order valence-electron chi connectivity index (χ1n) is 3.89. The van der Waals surface area contributed by atoms with Gasteiger partial charge in [-0.05, 0) is 12.8 Å². The molecule has 0 saturated carbocycles. The molecular weight excluding hydrogens is 144 g/mol. The molecule has 0 radical (unpaired) electrons. The van der Waals surface area contributed by atoms with E-state index in [2.05, 4.69) is 5.32 Å². The van der Waals surface area contributed by atoms with Crippen molar-refractivity contribution < 1.29 is 9.53 Å². The van der Waals surface area contributed by atoms with Crippen LogP contribution in [0.2, 0.25) is 0 Å². The summed E-state index contributed by atoms with van der Waals surface area (Å²) < 4.78 is 5.32. The van der Waals surface area contributed by atoms with E-state index in [1.807, 2.05) is 0 Å². The highest BCUT2D eigenvalue weighted by molar-refractivity contribution is 5.75. The third-order valence-corrected chi connectivity index (χ3v) is 1.70. The van der Waals surface area contributed by atoms with Crippen LogP contribution >= 0.6 is 0 Å². The van der Waals surface area contributed by atoms with Crippen LogP contribution in [0.1, 0.15) is 12.8 Å². The summed E-state index contributed by atoms with van der Waals surface area (Å²) in [6.45, 7) is 1.84. The third-order valence-electron chi connectivity index (χ3n) is 1.70. The Morgan fingerprint density at radius 3 is 3.09 bits per heavy atom. The summed E-state index contributed by atoms with van der Waals surface area (Å²) in [5, 5.41) is 2.93. The normalized spacial score (nSPS) is 23.8. The van der Waals surface area contributed by atoms with E-state index >= 15 is 0 Å². The standard InChI is InChI=1S/C7H14N2O2/c8-7(10)5-9-4-6-2-1-3-11-6/h6,9H,1-5H2,(H2,8,10)/t6-/m1/s1. The van der Waals surface area contributed by atoms with Crippen molar-refractivity contribution in [3.05, 3.63) is 0 Å². The number of carbonyl (C=O) groups excluding carboxylic acids is 1. The Kier molecular flexibility index (Phi) is 3.32. The van der Waals surface area contributed by atoms with Crippen molar-refractivity contribution in [2.75, 3.05) is 19.7 Å². The minimum atomic E-state index is -0.317. The molecule has 1 saturated heterocycles. The van der Waals surface area contributed by atoms with Crippen molar-refractivity contribution in [1.82, 2.24) is 5.32 Å².